The number of rotatable bonds is 4. The van der Waals surface area contributed by atoms with Gasteiger partial charge in [0.25, 0.3) is 0 Å². The zero-order valence-electron chi connectivity index (χ0n) is 11.8. The van der Waals surface area contributed by atoms with E-state index in [0.717, 1.165) is 0 Å². The van der Waals surface area contributed by atoms with Crippen LogP contribution in [0.15, 0.2) is 42.5 Å². The molecule has 0 aliphatic heterocycles. The van der Waals surface area contributed by atoms with Gasteiger partial charge in [-0.25, -0.2) is 0 Å². The third-order valence-electron chi connectivity index (χ3n) is 2.77. The molecule has 2 aromatic rings. The second-order valence-corrected chi connectivity index (χ2v) is 5.49. The number of carbonyl (C=O) groups is 2. The van der Waals surface area contributed by atoms with Gasteiger partial charge in [-0.05, 0) is 42.5 Å². The van der Waals surface area contributed by atoms with Crippen molar-refractivity contribution in [3.63, 3.8) is 0 Å². The van der Waals surface area contributed by atoms with Crippen LogP contribution >= 0.6 is 23.2 Å². The molecule has 0 fully saturated rings. The van der Waals surface area contributed by atoms with E-state index in [4.69, 9.17) is 28.5 Å². The highest BCUT2D eigenvalue weighted by Gasteiger charge is 2.11. The molecule has 2 N–H and O–H groups in total. The number of amides is 2. The number of halogens is 2. The number of nitrogens with zero attached hydrogens (tertiary/aromatic N) is 1. The Morgan fingerprint density at radius 3 is 1.96 bits per heavy atom. The van der Waals surface area contributed by atoms with Crippen LogP contribution in [0.1, 0.15) is 12.0 Å². The second kappa shape index (κ2) is 7.63. The van der Waals surface area contributed by atoms with Crippen LogP contribution in [0.5, 0.6) is 0 Å². The smallest absolute Gasteiger partial charge is 0.233 e. The number of benzene rings is 2. The molecule has 0 aliphatic carbocycles. The molecule has 0 bridgehead atoms. The molecule has 0 saturated carbocycles. The molecular formula is C16H11Cl2N3O2. The Morgan fingerprint density at radius 1 is 0.913 bits per heavy atom. The van der Waals surface area contributed by atoms with Crippen LogP contribution in [0.25, 0.3) is 0 Å². The van der Waals surface area contributed by atoms with Gasteiger partial charge in [-0.1, -0.05) is 23.2 Å². The number of carbonyl (C=O) groups excluding carboxylic acids is 2. The van der Waals surface area contributed by atoms with Crippen molar-refractivity contribution in [2.24, 2.45) is 0 Å². The van der Waals surface area contributed by atoms with Crippen molar-refractivity contribution in [2.75, 3.05) is 10.6 Å². The summed E-state index contributed by atoms with van der Waals surface area (Å²) in [7, 11) is 0. The average Bonchev–Trinajstić information content (AvgIpc) is 2.46. The minimum absolute atomic E-state index is 0.357. The van der Waals surface area contributed by atoms with E-state index in [9.17, 15) is 9.59 Å². The fourth-order valence-electron chi connectivity index (χ4n) is 1.81. The zero-order chi connectivity index (χ0) is 16.8. The fraction of sp³-hybridized carbons (Fsp3) is 0.0625. The lowest BCUT2D eigenvalue weighted by Gasteiger charge is -2.07. The van der Waals surface area contributed by atoms with Crippen molar-refractivity contribution in [2.45, 2.75) is 6.42 Å². The van der Waals surface area contributed by atoms with Crippen LogP contribution in [-0.4, -0.2) is 11.8 Å². The van der Waals surface area contributed by atoms with E-state index in [-0.39, 0.29) is 6.42 Å². The lowest BCUT2D eigenvalue weighted by Crippen LogP contribution is -2.21. The van der Waals surface area contributed by atoms with Crippen molar-refractivity contribution >= 4 is 46.4 Å². The molecule has 2 rings (SSSR count). The summed E-state index contributed by atoms with van der Waals surface area (Å²) in [4.78, 5) is 23.6. The number of hydrogen-bond donors (Lipinski definition) is 2. The van der Waals surface area contributed by atoms with E-state index in [1.807, 2.05) is 6.07 Å². The van der Waals surface area contributed by atoms with Gasteiger partial charge in [-0.15, -0.1) is 0 Å². The molecular weight excluding hydrogens is 337 g/mol. The average molecular weight is 348 g/mol. The maximum atomic E-state index is 11.8. The lowest BCUT2D eigenvalue weighted by atomic mass is 10.2. The van der Waals surface area contributed by atoms with Crippen LogP contribution in [0.4, 0.5) is 11.4 Å². The monoisotopic (exact) mass is 347 g/mol. The summed E-state index contributed by atoms with van der Waals surface area (Å²) in [6, 6.07) is 12.9. The molecule has 2 amide bonds. The molecule has 0 unspecified atom stereocenters. The molecule has 0 heterocycles. The van der Waals surface area contributed by atoms with E-state index in [1.54, 1.807) is 24.3 Å². The standard InChI is InChI=1S/C16H11Cl2N3O2/c17-11-5-12(18)7-14(6-11)21-16(23)8-15(22)20-13-3-1-10(9-19)2-4-13/h1-7H,8H2,(H,20,22)(H,21,23). The number of anilines is 2. The Labute approximate surface area is 142 Å². The summed E-state index contributed by atoms with van der Waals surface area (Å²) in [5.74, 6) is -0.963. The van der Waals surface area contributed by atoms with Crippen molar-refractivity contribution in [3.8, 4) is 6.07 Å². The number of nitriles is 1. The molecule has 0 aliphatic rings. The summed E-state index contributed by atoms with van der Waals surface area (Å²) >= 11 is 11.7. The van der Waals surface area contributed by atoms with Crippen LogP contribution in [0.3, 0.4) is 0 Å². The minimum Gasteiger partial charge on any atom is -0.326 e. The Bertz CT molecular complexity index is 763. The van der Waals surface area contributed by atoms with Gasteiger partial charge < -0.3 is 10.6 Å². The maximum absolute atomic E-state index is 11.8. The molecule has 2 aromatic carbocycles. The van der Waals surface area contributed by atoms with E-state index < -0.39 is 11.8 Å². The highest BCUT2D eigenvalue weighted by atomic mass is 35.5. The van der Waals surface area contributed by atoms with Gasteiger partial charge in [0.1, 0.15) is 6.42 Å². The van der Waals surface area contributed by atoms with Gasteiger partial charge in [0.2, 0.25) is 11.8 Å². The van der Waals surface area contributed by atoms with Gasteiger partial charge in [-0.3, -0.25) is 9.59 Å². The van der Waals surface area contributed by atoms with E-state index in [2.05, 4.69) is 10.6 Å². The molecule has 0 aromatic heterocycles. The minimum atomic E-state index is -0.491. The van der Waals surface area contributed by atoms with Crippen LogP contribution in [0.2, 0.25) is 10.0 Å². The Balaban J connectivity index is 1.91. The second-order valence-electron chi connectivity index (χ2n) is 4.62. The maximum Gasteiger partial charge on any atom is 0.233 e. The lowest BCUT2D eigenvalue weighted by molar-refractivity contribution is -0.123. The summed E-state index contributed by atoms with van der Waals surface area (Å²) in [5, 5.41) is 14.6. The zero-order valence-corrected chi connectivity index (χ0v) is 13.3. The largest absolute Gasteiger partial charge is 0.326 e. The highest BCUT2D eigenvalue weighted by Crippen LogP contribution is 2.22. The van der Waals surface area contributed by atoms with Gasteiger partial charge >= 0.3 is 0 Å². The highest BCUT2D eigenvalue weighted by molar-refractivity contribution is 6.35. The fourth-order valence-corrected chi connectivity index (χ4v) is 2.34. The molecule has 5 nitrogen and oxygen atoms in total. The number of nitrogens with one attached hydrogen (secondary N) is 2. The van der Waals surface area contributed by atoms with Crippen molar-refractivity contribution in [3.05, 3.63) is 58.1 Å². The SMILES string of the molecule is N#Cc1ccc(NC(=O)CC(=O)Nc2cc(Cl)cc(Cl)c2)cc1. The van der Waals surface area contributed by atoms with Crippen molar-refractivity contribution in [1.29, 1.82) is 5.26 Å². The molecule has 0 saturated heterocycles. The Kier molecular flexibility index (Phi) is 5.58. The first-order valence-corrected chi connectivity index (χ1v) is 7.28. The van der Waals surface area contributed by atoms with E-state index >= 15 is 0 Å². The van der Waals surface area contributed by atoms with Crippen LogP contribution in [0, 0.1) is 11.3 Å². The summed E-state index contributed by atoms with van der Waals surface area (Å²) in [6.07, 6.45) is -0.357. The quantitative estimate of drug-likeness (QED) is 0.824. The summed E-state index contributed by atoms with van der Waals surface area (Å²) < 4.78 is 0. The summed E-state index contributed by atoms with van der Waals surface area (Å²) in [5.41, 5.74) is 1.41. The first kappa shape index (κ1) is 16.8. The van der Waals surface area contributed by atoms with Gasteiger partial charge in [0.05, 0.1) is 11.6 Å². The third-order valence-corrected chi connectivity index (χ3v) is 3.20. The van der Waals surface area contributed by atoms with Crippen molar-refractivity contribution in [1.82, 2.24) is 0 Å². The molecule has 0 spiro atoms. The predicted octanol–water partition coefficient (Wildman–Crippen LogP) is 3.83. The first-order valence-electron chi connectivity index (χ1n) is 6.52. The normalized spacial score (nSPS) is 9.78. The molecule has 116 valence electrons. The van der Waals surface area contributed by atoms with Gasteiger partial charge in [-0.2, -0.15) is 5.26 Å². The topological polar surface area (TPSA) is 82.0 Å². The van der Waals surface area contributed by atoms with Crippen molar-refractivity contribution < 1.29 is 9.59 Å². The number of hydrogen-bond acceptors (Lipinski definition) is 3. The summed E-state index contributed by atoms with van der Waals surface area (Å²) in [6.45, 7) is 0. The molecule has 23 heavy (non-hydrogen) atoms. The molecule has 0 radical (unpaired) electrons. The van der Waals surface area contributed by atoms with Gasteiger partial charge in [0, 0.05) is 21.4 Å². The Morgan fingerprint density at radius 2 is 1.43 bits per heavy atom. The van der Waals surface area contributed by atoms with Gasteiger partial charge in [0.15, 0.2) is 0 Å². The van der Waals surface area contributed by atoms with E-state index in [0.29, 0.717) is 27.0 Å². The van der Waals surface area contributed by atoms with E-state index in [1.165, 1.54) is 18.2 Å². The van der Waals surface area contributed by atoms with Crippen LogP contribution < -0.4 is 10.6 Å². The molecule has 7 heteroatoms. The van der Waals surface area contributed by atoms with Crippen LogP contribution in [-0.2, 0) is 9.59 Å². The Hall–Kier alpha value is -2.55. The third kappa shape index (κ3) is 5.29. The predicted molar refractivity (Wildman–Crippen MR) is 89.5 cm³/mol. The first-order chi connectivity index (χ1) is 11.0. The molecule has 0 atom stereocenters.